The highest BCUT2D eigenvalue weighted by Gasteiger charge is 2.42. The molecule has 1 aliphatic heterocycles. The minimum atomic E-state index is -4.86. The number of aryl methyl sites for hydroxylation is 1. The quantitative estimate of drug-likeness (QED) is 0.442. The van der Waals surface area contributed by atoms with Crippen LogP contribution in [0.2, 0.25) is 0 Å². The SMILES string of the molecule is Cn1nc(C(F)(F)F)nc1C(=O)N1CCc2[nH]cnc2C1c1cc2c(C(F)(F)F)cccn2n1. The van der Waals surface area contributed by atoms with E-state index in [0.29, 0.717) is 22.5 Å². The molecule has 0 spiro atoms. The molecule has 5 heterocycles. The van der Waals surface area contributed by atoms with Crippen molar-refractivity contribution in [3.05, 3.63) is 65.0 Å². The second-order valence-corrected chi connectivity index (χ2v) is 7.62. The summed E-state index contributed by atoms with van der Waals surface area (Å²) in [6.45, 7) is 0.0346. The van der Waals surface area contributed by atoms with Crippen molar-refractivity contribution in [1.29, 1.82) is 0 Å². The normalized spacial score (nSPS) is 16.8. The summed E-state index contributed by atoms with van der Waals surface area (Å²) in [6, 6.07) is 2.22. The molecule has 178 valence electrons. The molecule has 1 aliphatic rings. The standard InChI is InChI=1S/C19H14F6N8O/c1-31-15(28-17(30-31)19(23,24)25)16(34)32-6-4-10-13(27-8-26-10)14(32)11-7-12-9(18(20,21)22)3-2-5-33(12)29-11/h2-3,5,7-8,14H,4,6H2,1H3,(H,26,27). The van der Waals surface area contributed by atoms with Crippen LogP contribution < -0.4 is 0 Å². The maximum atomic E-state index is 13.5. The summed E-state index contributed by atoms with van der Waals surface area (Å²) in [5.41, 5.74) is -0.131. The summed E-state index contributed by atoms with van der Waals surface area (Å²) < 4.78 is 81.4. The Morgan fingerprint density at radius 1 is 1.15 bits per heavy atom. The summed E-state index contributed by atoms with van der Waals surface area (Å²) in [4.78, 5) is 25.0. The van der Waals surface area contributed by atoms with Crippen LogP contribution in [0.5, 0.6) is 0 Å². The van der Waals surface area contributed by atoms with Crippen molar-refractivity contribution in [3.8, 4) is 0 Å². The van der Waals surface area contributed by atoms with Gasteiger partial charge in [-0.15, -0.1) is 5.10 Å². The number of aromatic nitrogens is 7. The number of carbonyl (C=O) groups is 1. The zero-order valence-electron chi connectivity index (χ0n) is 17.2. The van der Waals surface area contributed by atoms with E-state index in [1.165, 1.54) is 29.6 Å². The van der Waals surface area contributed by atoms with E-state index in [2.05, 4.69) is 25.1 Å². The van der Waals surface area contributed by atoms with Gasteiger partial charge in [0.1, 0.15) is 6.04 Å². The lowest BCUT2D eigenvalue weighted by Gasteiger charge is -2.33. The van der Waals surface area contributed by atoms with Gasteiger partial charge in [-0.05, 0) is 18.2 Å². The third-order valence-corrected chi connectivity index (χ3v) is 5.50. The van der Waals surface area contributed by atoms with Crippen LogP contribution in [0.1, 0.15) is 45.1 Å². The van der Waals surface area contributed by atoms with E-state index < -0.39 is 41.5 Å². The predicted molar refractivity (Wildman–Crippen MR) is 101 cm³/mol. The van der Waals surface area contributed by atoms with Gasteiger partial charge in [0.15, 0.2) is 0 Å². The van der Waals surface area contributed by atoms with Crippen LogP contribution in [-0.2, 0) is 25.8 Å². The number of rotatable bonds is 2. The predicted octanol–water partition coefficient (Wildman–Crippen LogP) is 3.01. The molecule has 9 nitrogen and oxygen atoms in total. The molecule has 1 N–H and O–H groups in total. The monoisotopic (exact) mass is 484 g/mol. The molecular weight excluding hydrogens is 470 g/mol. The Kier molecular flexibility index (Phi) is 4.70. The molecule has 34 heavy (non-hydrogen) atoms. The van der Waals surface area contributed by atoms with Crippen molar-refractivity contribution in [3.63, 3.8) is 0 Å². The van der Waals surface area contributed by atoms with E-state index in [4.69, 9.17) is 0 Å². The van der Waals surface area contributed by atoms with Crippen LogP contribution in [0.4, 0.5) is 26.3 Å². The van der Waals surface area contributed by atoms with Gasteiger partial charge in [0.2, 0.25) is 5.82 Å². The summed E-state index contributed by atoms with van der Waals surface area (Å²) >= 11 is 0. The molecule has 0 radical (unpaired) electrons. The van der Waals surface area contributed by atoms with Crippen LogP contribution in [0.25, 0.3) is 5.52 Å². The first-order valence-corrected chi connectivity index (χ1v) is 9.82. The highest BCUT2D eigenvalue weighted by molar-refractivity contribution is 5.91. The van der Waals surface area contributed by atoms with Gasteiger partial charge in [-0.25, -0.2) is 14.2 Å². The van der Waals surface area contributed by atoms with E-state index in [0.717, 1.165) is 17.6 Å². The molecule has 0 bridgehead atoms. The smallest absolute Gasteiger partial charge is 0.348 e. The third-order valence-electron chi connectivity index (χ3n) is 5.50. The lowest BCUT2D eigenvalue weighted by molar-refractivity contribution is -0.145. The van der Waals surface area contributed by atoms with Crippen molar-refractivity contribution >= 4 is 11.4 Å². The zero-order valence-corrected chi connectivity index (χ0v) is 17.2. The summed E-state index contributed by atoms with van der Waals surface area (Å²) in [5.74, 6) is -2.94. The first-order chi connectivity index (χ1) is 15.9. The molecule has 1 unspecified atom stereocenters. The van der Waals surface area contributed by atoms with Crippen LogP contribution in [0.3, 0.4) is 0 Å². The number of pyridine rings is 1. The number of fused-ring (bicyclic) bond motifs is 2. The van der Waals surface area contributed by atoms with Crippen LogP contribution in [0, 0.1) is 0 Å². The van der Waals surface area contributed by atoms with E-state index in [-0.39, 0.29) is 17.8 Å². The summed E-state index contributed by atoms with van der Waals surface area (Å²) in [7, 11) is 1.15. The van der Waals surface area contributed by atoms with Gasteiger partial charge in [-0.3, -0.25) is 4.79 Å². The number of alkyl halides is 6. The average Bonchev–Trinajstić information content (AvgIpc) is 3.48. The van der Waals surface area contributed by atoms with E-state index in [1.54, 1.807) is 0 Å². The minimum absolute atomic E-state index is 0.0346. The number of halogens is 6. The van der Waals surface area contributed by atoms with Crippen LogP contribution >= 0.6 is 0 Å². The minimum Gasteiger partial charge on any atom is -0.348 e. The molecule has 0 aromatic carbocycles. The van der Waals surface area contributed by atoms with Crippen molar-refractivity contribution in [2.24, 2.45) is 7.05 Å². The lowest BCUT2D eigenvalue weighted by atomic mass is 9.99. The molecule has 0 saturated carbocycles. The van der Waals surface area contributed by atoms with Crippen molar-refractivity contribution in [1.82, 2.24) is 39.2 Å². The number of imidazole rings is 1. The Hall–Kier alpha value is -3.91. The highest BCUT2D eigenvalue weighted by atomic mass is 19.4. The molecule has 0 saturated heterocycles. The van der Waals surface area contributed by atoms with Crippen LogP contribution in [-0.4, -0.2) is 51.7 Å². The Morgan fingerprint density at radius 2 is 1.91 bits per heavy atom. The van der Waals surface area contributed by atoms with E-state index >= 15 is 0 Å². The summed E-state index contributed by atoms with van der Waals surface area (Å²) in [6.07, 6.45) is -6.52. The number of carbonyl (C=O) groups excluding carboxylic acids is 1. The topological polar surface area (TPSA) is 97.0 Å². The Labute approximate surface area is 186 Å². The lowest BCUT2D eigenvalue weighted by Crippen LogP contribution is -2.42. The number of hydrogen-bond donors (Lipinski definition) is 1. The van der Waals surface area contributed by atoms with E-state index in [1.807, 2.05) is 0 Å². The fourth-order valence-corrected chi connectivity index (χ4v) is 4.02. The van der Waals surface area contributed by atoms with Gasteiger partial charge >= 0.3 is 12.4 Å². The average molecular weight is 484 g/mol. The molecule has 4 aromatic heterocycles. The number of hydrogen-bond acceptors (Lipinski definition) is 5. The third kappa shape index (κ3) is 3.47. The Bertz CT molecular complexity index is 1400. The number of amides is 1. The van der Waals surface area contributed by atoms with Gasteiger partial charge < -0.3 is 9.88 Å². The number of nitrogens with one attached hydrogen (secondary N) is 1. The van der Waals surface area contributed by atoms with Gasteiger partial charge in [0, 0.05) is 31.9 Å². The van der Waals surface area contributed by atoms with Gasteiger partial charge in [-0.1, -0.05) is 0 Å². The van der Waals surface area contributed by atoms with Gasteiger partial charge in [0.05, 0.1) is 28.8 Å². The van der Waals surface area contributed by atoms with E-state index in [9.17, 15) is 31.1 Å². The second-order valence-electron chi connectivity index (χ2n) is 7.62. The Morgan fingerprint density at radius 3 is 2.59 bits per heavy atom. The maximum Gasteiger partial charge on any atom is 0.453 e. The zero-order chi connectivity index (χ0) is 24.4. The van der Waals surface area contributed by atoms with Crippen molar-refractivity contribution < 1.29 is 31.1 Å². The molecule has 1 amide bonds. The number of H-pyrrole nitrogens is 1. The first-order valence-electron chi connectivity index (χ1n) is 9.82. The first kappa shape index (κ1) is 21.9. The molecule has 15 heteroatoms. The molecule has 4 aromatic rings. The number of nitrogens with zero attached hydrogens (tertiary/aromatic N) is 7. The molecular formula is C19H14F6N8O. The highest BCUT2D eigenvalue weighted by Crippen LogP contribution is 2.37. The molecule has 1 atom stereocenters. The fourth-order valence-electron chi connectivity index (χ4n) is 4.02. The van der Waals surface area contributed by atoms with Crippen molar-refractivity contribution in [2.75, 3.05) is 6.54 Å². The molecule has 0 aliphatic carbocycles. The number of aromatic amines is 1. The maximum absolute atomic E-state index is 13.5. The van der Waals surface area contributed by atoms with Gasteiger partial charge in [0.25, 0.3) is 11.7 Å². The summed E-state index contributed by atoms with van der Waals surface area (Å²) in [5, 5.41) is 7.50. The molecule has 5 rings (SSSR count). The van der Waals surface area contributed by atoms with Crippen LogP contribution in [0.15, 0.2) is 30.7 Å². The fraction of sp³-hybridized carbons (Fsp3) is 0.316. The van der Waals surface area contributed by atoms with Gasteiger partial charge in [-0.2, -0.15) is 36.4 Å². The molecule has 0 fully saturated rings. The second kappa shape index (κ2) is 7.30. The largest absolute Gasteiger partial charge is 0.453 e. The Balaban J connectivity index is 1.63. The van der Waals surface area contributed by atoms with Crippen molar-refractivity contribution in [2.45, 2.75) is 24.8 Å².